The van der Waals surface area contributed by atoms with E-state index in [-0.39, 0.29) is 6.54 Å². The monoisotopic (exact) mass is 268 g/mol. The Balaban J connectivity index is 3.02. The molecule has 1 rings (SSSR count). The van der Waals surface area contributed by atoms with E-state index in [1.54, 1.807) is 18.2 Å². The minimum Gasteiger partial charge on any atom is -0.368 e. The van der Waals surface area contributed by atoms with Crippen molar-refractivity contribution in [3.8, 4) is 0 Å². The molecule has 0 heterocycles. The smallest absolute Gasteiger partial charge is 0.236 e. The molecule has 0 aliphatic heterocycles. The van der Waals surface area contributed by atoms with E-state index in [1.807, 2.05) is 4.90 Å². The van der Waals surface area contributed by atoms with Crippen molar-refractivity contribution in [1.82, 2.24) is 0 Å². The molecule has 0 fully saturated rings. The Kier molecular flexibility index (Phi) is 5.65. The van der Waals surface area contributed by atoms with Gasteiger partial charge < -0.3 is 10.6 Å². The normalized spacial score (nSPS) is 10.1. The molecule has 5 heteroatoms. The molecule has 0 saturated heterocycles. The molecule has 0 bridgehead atoms. The molecule has 0 aromatic heterocycles. The van der Waals surface area contributed by atoms with Crippen molar-refractivity contribution in [2.24, 2.45) is 5.73 Å². The lowest BCUT2D eigenvalue weighted by molar-refractivity contribution is -0.116. The highest BCUT2D eigenvalue weighted by Crippen LogP contribution is 2.23. The maximum Gasteiger partial charge on any atom is 0.236 e. The van der Waals surface area contributed by atoms with Gasteiger partial charge >= 0.3 is 0 Å². The topological polar surface area (TPSA) is 63.4 Å². The van der Waals surface area contributed by atoms with Crippen LogP contribution in [0.3, 0.4) is 0 Å². The molecule has 1 aromatic carbocycles. The maximum atomic E-state index is 11.1. The largest absolute Gasteiger partial charge is 0.368 e. The number of hydrogen-bond donors (Lipinski definition) is 1. The molecule has 0 unspecified atom stereocenters. The zero-order valence-corrected chi connectivity index (χ0v) is 11.1. The minimum absolute atomic E-state index is 0.0997. The molecular formula is C13H17ClN2O2. The van der Waals surface area contributed by atoms with E-state index in [9.17, 15) is 9.59 Å². The molecule has 0 aliphatic carbocycles. The van der Waals surface area contributed by atoms with Gasteiger partial charge in [0.15, 0.2) is 6.29 Å². The summed E-state index contributed by atoms with van der Waals surface area (Å²) in [6, 6.07) is 5.03. The minimum atomic E-state index is -0.419. The van der Waals surface area contributed by atoms with E-state index >= 15 is 0 Å². The summed E-state index contributed by atoms with van der Waals surface area (Å²) in [6.45, 7) is 2.84. The number of benzene rings is 1. The van der Waals surface area contributed by atoms with Gasteiger partial charge in [-0.3, -0.25) is 9.59 Å². The van der Waals surface area contributed by atoms with E-state index in [1.165, 1.54) is 0 Å². The molecule has 0 saturated carbocycles. The zero-order chi connectivity index (χ0) is 13.5. The number of hydrogen-bond acceptors (Lipinski definition) is 3. The molecule has 0 aliphatic rings. The highest BCUT2D eigenvalue weighted by atomic mass is 35.5. The lowest BCUT2D eigenvalue weighted by atomic mass is 10.1. The lowest BCUT2D eigenvalue weighted by Crippen LogP contribution is -2.35. The first-order valence-electron chi connectivity index (χ1n) is 5.86. The number of anilines is 1. The summed E-state index contributed by atoms with van der Waals surface area (Å²) in [6.07, 6.45) is 2.66. The van der Waals surface area contributed by atoms with E-state index in [4.69, 9.17) is 17.3 Å². The van der Waals surface area contributed by atoms with E-state index in [0.717, 1.165) is 19.1 Å². The standard InChI is InChI=1S/C13H17ClN2O2/c1-2-3-6-16(8-13(15)18)12-5-4-11(14)7-10(12)9-17/h4-5,7,9H,2-3,6,8H2,1H3,(H2,15,18). The molecule has 18 heavy (non-hydrogen) atoms. The van der Waals surface area contributed by atoms with E-state index < -0.39 is 5.91 Å². The highest BCUT2D eigenvalue weighted by Gasteiger charge is 2.13. The molecular weight excluding hydrogens is 252 g/mol. The number of rotatable bonds is 7. The molecule has 0 atom stereocenters. The Morgan fingerprint density at radius 1 is 1.50 bits per heavy atom. The molecule has 4 nitrogen and oxygen atoms in total. The Bertz CT molecular complexity index is 435. The predicted octanol–water partition coefficient (Wildman–Crippen LogP) is 2.24. The summed E-state index contributed by atoms with van der Waals surface area (Å²) < 4.78 is 0. The Hall–Kier alpha value is -1.55. The number of halogens is 1. The first-order valence-corrected chi connectivity index (χ1v) is 6.24. The third kappa shape index (κ3) is 4.04. The summed E-state index contributed by atoms with van der Waals surface area (Å²) in [5.41, 5.74) is 6.40. The molecule has 0 radical (unpaired) electrons. The fourth-order valence-electron chi connectivity index (χ4n) is 1.73. The van der Waals surface area contributed by atoms with E-state index in [0.29, 0.717) is 22.8 Å². The zero-order valence-electron chi connectivity index (χ0n) is 10.4. The predicted molar refractivity (Wildman–Crippen MR) is 73.2 cm³/mol. The van der Waals surface area contributed by atoms with Gasteiger partial charge in [-0.05, 0) is 24.6 Å². The van der Waals surface area contributed by atoms with Gasteiger partial charge in [-0.25, -0.2) is 0 Å². The first kappa shape index (κ1) is 14.5. The molecule has 1 aromatic rings. The third-order valence-corrected chi connectivity index (χ3v) is 2.82. The van der Waals surface area contributed by atoms with Gasteiger partial charge in [-0.1, -0.05) is 24.9 Å². The van der Waals surface area contributed by atoms with Crippen LogP contribution in [-0.2, 0) is 4.79 Å². The van der Waals surface area contributed by atoms with Crippen LogP contribution < -0.4 is 10.6 Å². The molecule has 2 N–H and O–H groups in total. The van der Waals surface area contributed by atoms with Crippen molar-refractivity contribution >= 4 is 29.5 Å². The van der Waals surface area contributed by atoms with Crippen LogP contribution in [0.2, 0.25) is 5.02 Å². The average molecular weight is 269 g/mol. The van der Waals surface area contributed by atoms with Gasteiger partial charge in [0, 0.05) is 22.8 Å². The van der Waals surface area contributed by atoms with Gasteiger partial charge in [0.05, 0.1) is 6.54 Å². The number of aldehydes is 1. The number of nitrogens with zero attached hydrogens (tertiary/aromatic N) is 1. The fourth-order valence-corrected chi connectivity index (χ4v) is 1.91. The van der Waals surface area contributed by atoms with Crippen LogP contribution in [0.25, 0.3) is 0 Å². The summed E-state index contributed by atoms with van der Waals surface area (Å²) >= 11 is 5.84. The van der Waals surface area contributed by atoms with Crippen LogP contribution >= 0.6 is 11.6 Å². The quantitative estimate of drug-likeness (QED) is 0.772. The first-order chi connectivity index (χ1) is 8.58. The SMILES string of the molecule is CCCCN(CC(N)=O)c1ccc(Cl)cc1C=O. The van der Waals surface area contributed by atoms with Crippen LogP contribution in [0.5, 0.6) is 0 Å². The van der Waals surface area contributed by atoms with Crippen LogP contribution in [0.1, 0.15) is 30.1 Å². The van der Waals surface area contributed by atoms with Gasteiger partial charge in [0.25, 0.3) is 0 Å². The van der Waals surface area contributed by atoms with Gasteiger partial charge in [-0.2, -0.15) is 0 Å². The van der Waals surface area contributed by atoms with Crippen LogP contribution in [0.15, 0.2) is 18.2 Å². The van der Waals surface area contributed by atoms with Crippen molar-refractivity contribution in [3.05, 3.63) is 28.8 Å². The second kappa shape index (κ2) is 7.01. The second-order valence-electron chi connectivity index (χ2n) is 4.06. The number of carbonyl (C=O) groups is 2. The molecule has 1 amide bonds. The highest BCUT2D eigenvalue weighted by molar-refractivity contribution is 6.31. The van der Waals surface area contributed by atoms with Crippen molar-refractivity contribution in [2.45, 2.75) is 19.8 Å². The number of primary amides is 1. The number of amides is 1. The van der Waals surface area contributed by atoms with Gasteiger partial charge in [0.1, 0.15) is 0 Å². The average Bonchev–Trinajstić information content (AvgIpc) is 2.34. The van der Waals surface area contributed by atoms with Crippen LogP contribution in [0.4, 0.5) is 5.69 Å². The van der Waals surface area contributed by atoms with Crippen molar-refractivity contribution in [1.29, 1.82) is 0 Å². The second-order valence-corrected chi connectivity index (χ2v) is 4.50. The summed E-state index contributed by atoms with van der Waals surface area (Å²) in [5.74, 6) is -0.419. The van der Waals surface area contributed by atoms with Crippen molar-refractivity contribution in [2.75, 3.05) is 18.0 Å². The summed E-state index contributed by atoms with van der Waals surface area (Å²) in [5, 5.41) is 0.496. The van der Waals surface area contributed by atoms with Gasteiger partial charge in [-0.15, -0.1) is 0 Å². The fraction of sp³-hybridized carbons (Fsp3) is 0.385. The number of unbranched alkanes of at least 4 members (excludes halogenated alkanes) is 1. The van der Waals surface area contributed by atoms with Gasteiger partial charge in [0.2, 0.25) is 5.91 Å². The summed E-state index contributed by atoms with van der Waals surface area (Å²) in [4.78, 5) is 23.9. The van der Waals surface area contributed by atoms with Crippen LogP contribution in [-0.4, -0.2) is 25.3 Å². The Labute approximate surface area is 112 Å². The molecule has 98 valence electrons. The Morgan fingerprint density at radius 3 is 2.78 bits per heavy atom. The number of nitrogens with two attached hydrogens (primary N) is 1. The van der Waals surface area contributed by atoms with E-state index in [2.05, 4.69) is 6.92 Å². The number of carbonyl (C=O) groups excluding carboxylic acids is 2. The maximum absolute atomic E-state index is 11.1. The Morgan fingerprint density at radius 2 is 2.22 bits per heavy atom. The third-order valence-electron chi connectivity index (χ3n) is 2.59. The summed E-state index contributed by atoms with van der Waals surface area (Å²) in [7, 11) is 0. The van der Waals surface area contributed by atoms with Crippen LogP contribution in [0, 0.1) is 0 Å². The van der Waals surface area contributed by atoms with Crippen molar-refractivity contribution < 1.29 is 9.59 Å². The molecule has 0 spiro atoms. The lowest BCUT2D eigenvalue weighted by Gasteiger charge is -2.24. The van der Waals surface area contributed by atoms with Crippen molar-refractivity contribution in [3.63, 3.8) is 0 Å².